The van der Waals surface area contributed by atoms with E-state index in [-0.39, 0.29) is 22.4 Å². The fraction of sp³-hybridized carbons (Fsp3) is 0.0526. The van der Waals surface area contributed by atoms with Crippen molar-refractivity contribution in [2.24, 2.45) is 5.10 Å². The molecule has 5 nitrogen and oxygen atoms in total. The quantitative estimate of drug-likeness (QED) is 0.550. The largest absolute Gasteiger partial charge is 0.503 e. The minimum absolute atomic E-state index is 0.138. The van der Waals surface area contributed by atoms with Crippen molar-refractivity contribution in [3.05, 3.63) is 70.7 Å². The van der Waals surface area contributed by atoms with Gasteiger partial charge >= 0.3 is 0 Å². The topological polar surface area (TPSA) is 70.9 Å². The van der Waals surface area contributed by atoms with E-state index in [9.17, 15) is 9.90 Å². The zero-order valence-electron chi connectivity index (χ0n) is 13.4. The normalized spacial score (nSPS) is 11.0. The molecule has 0 unspecified atom stereocenters. The van der Waals surface area contributed by atoms with Gasteiger partial charge in [0.05, 0.1) is 18.3 Å². The number of fused-ring (bicyclic) bond motifs is 1. The number of hydrogen-bond acceptors (Lipinski definition) is 4. The molecule has 0 atom stereocenters. The van der Waals surface area contributed by atoms with Gasteiger partial charge in [0.25, 0.3) is 5.91 Å². The zero-order valence-corrected chi connectivity index (χ0v) is 14.1. The molecule has 0 saturated heterocycles. The molecule has 0 heterocycles. The Morgan fingerprint density at radius 1 is 1.20 bits per heavy atom. The summed E-state index contributed by atoms with van der Waals surface area (Å²) >= 11 is 5.92. The number of nitrogens with zero attached hydrogens (tertiary/aromatic N) is 1. The third kappa shape index (κ3) is 3.56. The monoisotopic (exact) mass is 354 g/mol. The van der Waals surface area contributed by atoms with Gasteiger partial charge in [0.1, 0.15) is 0 Å². The van der Waals surface area contributed by atoms with E-state index in [1.54, 1.807) is 12.1 Å². The Labute approximate surface area is 149 Å². The Balaban J connectivity index is 1.80. The molecule has 0 aromatic heterocycles. The number of carbonyl (C=O) groups excluding carboxylic acids is 1. The number of phenolic OH excluding ortho intramolecular Hbond substituents is 1. The highest BCUT2D eigenvalue weighted by atomic mass is 35.5. The second-order valence-electron chi connectivity index (χ2n) is 5.28. The van der Waals surface area contributed by atoms with E-state index in [0.29, 0.717) is 11.1 Å². The van der Waals surface area contributed by atoms with Crippen LogP contribution in [0, 0.1) is 0 Å². The average Bonchev–Trinajstić information content (AvgIpc) is 2.63. The lowest BCUT2D eigenvalue weighted by Gasteiger charge is -2.06. The molecule has 3 aromatic carbocycles. The molecule has 1 amide bonds. The maximum atomic E-state index is 12.4. The van der Waals surface area contributed by atoms with Gasteiger partial charge in [-0.2, -0.15) is 5.10 Å². The van der Waals surface area contributed by atoms with Gasteiger partial charge in [0.2, 0.25) is 0 Å². The summed E-state index contributed by atoms with van der Waals surface area (Å²) in [6, 6.07) is 16.2. The van der Waals surface area contributed by atoms with Crippen molar-refractivity contribution in [3.63, 3.8) is 0 Å². The van der Waals surface area contributed by atoms with Crippen LogP contribution in [0.15, 0.2) is 59.7 Å². The third-order valence-electron chi connectivity index (χ3n) is 3.68. The van der Waals surface area contributed by atoms with Crippen molar-refractivity contribution in [2.45, 2.75) is 0 Å². The number of rotatable bonds is 4. The van der Waals surface area contributed by atoms with E-state index in [2.05, 4.69) is 10.5 Å². The van der Waals surface area contributed by atoms with Crippen molar-refractivity contribution in [1.82, 2.24) is 5.43 Å². The molecule has 0 radical (unpaired) electrons. The van der Waals surface area contributed by atoms with Gasteiger partial charge in [-0.3, -0.25) is 4.79 Å². The zero-order chi connectivity index (χ0) is 17.8. The summed E-state index contributed by atoms with van der Waals surface area (Å²) in [5.41, 5.74) is 3.62. The number of ether oxygens (including phenoxy) is 1. The second-order valence-corrected chi connectivity index (χ2v) is 5.69. The summed E-state index contributed by atoms with van der Waals surface area (Å²) in [5, 5.41) is 15.6. The van der Waals surface area contributed by atoms with E-state index in [0.717, 1.165) is 10.8 Å². The number of nitrogens with one attached hydrogen (secondary N) is 1. The van der Waals surface area contributed by atoms with Crippen molar-refractivity contribution in [1.29, 1.82) is 0 Å². The number of hydrogen-bond donors (Lipinski definition) is 2. The van der Waals surface area contributed by atoms with Gasteiger partial charge in [-0.15, -0.1) is 0 Å². The number of carbonyl (C=O) groups is 1. The molecular weight excluding hydrogens is 340 g/mol. The summed E-state index contributed by atoms with van der Waals surface area (Å²) < 4.78 is 5.03. The number of methoxy groups -OCH3 is 1. The fourth-order valence-electron chi connectivity index (χ4n) is 2.47. The number of aromatic hydroxyl groups is 1. The standard InChI is InChI=1S/C19H15ClN2O3/c1-25-17-10-12(9-16(20)18(17)23)11-21-22-19(24)15-8-4-6-13-5-2-3-7-14(13)15/h2-11,23H,1H3,(H,22,24). The number of amides is 1. The van der Waals surface area contributed by atoms with Crippen LogP contribution in [0.1, 0.15) is 15.9 Å². The summed E-state index contributed by atoms with van der Waals surface area (Å²) in [4.78, 5) is 12.4. The highest BCUT2D eigenvalue weighted by molar-refractivity contribution is 6.32. The third-order valence-corrected chi connectivity index (χ3v) is 3.97. The molecule has 0 aliphatic carbocycles. The molecule has 0 saturated carbocycles. The van der Waals surface area contributed by atoms with Crippen molar-refractivity contribution >= 4 is 34.5 Å². The van der Waals surface area contributed by atoms with Crippen LogP contribution in [-0.4, -0.2) is 24.3 Å². The molecule has 0 bridgehead atoms. The summed E-state index contributed by atoms with van der Waals surface area (Å²) in [7, 11) is 1.43. The lowest BCUT2D eigenvalue weighted by atomic mass is 10.0. The van der Waals surface area contributed by atoms with Gasteiger partial charge in [-0.25, -0.2) is 5.43 Å². The molecule has 3 rings (SSSR count). The Morgan fingerprint density at radius 3 is 2.76 bits per heavy atom. The Kier molecular flexibility index (Phi) is 4.86. The molecule has 0 spiro atoms. The SMILES string of the molecule is COc1cc(C=NNC(=O)c2cccc3ccccc23)cc(Cl)c1O. The van der Waals surface area contributed by atoms with E-state index in [1.807, 2.05) is 36.4 Å². The van der Waals surface area contributed by atoms with Crippen molar-refractivity contribution in [3.8, 4) is 11.5 Å². The molecule has 6 heteroatoms. The van der Waals surface area contributed by atoms with Crippen molar-refractivity contribution in [2.75, 3.05) is 7.11 Å². The van der Waals surface area contributed by atoms with Gasteiger partial charge in [-0.05, 0) is 34.5 Å². The average molecular weight is 355 g/mol. The van der Waals surface area contributed by atoms with E-state index >= 15 is 0 Å². The van der Waals surface area contributed by atoms with Crippen molar-refractivity contribution < 1.29 is 14.6 Å². The summed E-state index contributed by atoms with van der Waals surface area (Å²) in [6.07, 6.45) is 1.43. The fourth-order valence-corrected chi connectivity index (χ4v) is 2.69. The predicted molar refractivity (Wildman–Crippen MR) is 98.7 cm³/mol. The number of phenols is 1. The molecular formula is C19H15ClN2O3. The first kappa shape index (κ1) is 16.8. The Morgan fingerprint density at radius 2 is 1.96 bits per heavy atom. The second kappa shape index (κ2) is 7.23. The van der Waals surface area contributed by atoms with Crippen LogP contribution in [0.4, 0.5) is 0 Å². The first-order chi connectivity index (χ1) is 12.1. The maximum absolute atomic E-state index is 12.4. The van der Waals surface area contributed by atoms with Crippen LogP contribution in [0.5, 0.6) is 11.5 Å². The number of hydrazone groups is 1. The molecule has 126 valence electrons. The number of halogens is 1. The number of benzene rings is 3. The first-order valence-electron chi connectivity index (χ1n) is 7.48. The molecule has 0 aliphatic rings. The van der Waals surface area contributed by atoms with Crippen LogP contribution in [0.3, 0.4) is 0 Å². The molecule has 2 N–H and O–H groups in total. The van der Waals surface area contributed by atoms with Crippen LogP contribution < -0.4 is 10.2 Å². The Hall–Kier alpha value is -3.05. The van der Waals surface area contributed by atoms with Crippen LogP contribution in [-0.2, 0) is 0 Å². The lowest BCUT2D eigenvalue weighted by Crippen LogP contribution is -2.17. The highest BCUT2D eigenvalue weighted by Crippen LogP contribution is 2.34. The maximum Gasteiger partial charge on any atom is 0.271 e. The minimum atomic E-state index is -0.315. The van der Waals surface area contributed by atoms with Gasteiger partial charge < -0.3 is 9.84 Å². The minimum Gasteiger partial charge on any atom is -0.503 e. The van der Waals surface area contributed by atoms with Crippen LogP contribution in [0.25, 0.3) is 10.8 Å². The first-order valence-corrected chi connectivity index (χ1v) is 7.85. The van der Waals surface area contributed by atoms with Gasteiger partial charge in [0.15, 0.2) is 11.5 Å². The molecule has 3 aromatic rings. The predicted octanol–water partition coefficient (Wildman–Crippen LogP) is 3.97. The van der Waals surface area contributed by atoms with Gasteiger partial charge in [-0.1, -0.05) is 48.0 Å². The molecule has 0 aliphatic heterocycles. The lowest BCUT2D eigenvalue weighted by molar-refractivity contribution is 0.0957. The smallest absolute Gasteiger partial charge is 0.271 e. The van der Waals surface area contributed by atoms with E-state index < -0.39 is 0 Å². The van der Waals surface area contributed by atoms with E-state index in [1.165, 1.54) is 19.4 Å². The van der Waals surface area contributed by atoms with Gasteiger partial charge in [0, 0.05) is 5.56 Å². The summed E-state index contributed by atoms with van der Waals surface area (Å²) in [6.45, 7) is 0. The van der Waals surface area contributed by atoms with Crippen LogP contribution in [0.2, 0.25) is 5.02 Å². The molecule has 25 heavy (non-hydrogen) atoms. The highest BCUT2D eigenvalue weighted by Gasteiger charge is 2.09. The van der Waals surface area contributed by atoms with Crippen LogP contribution >= 0.6 is 11.6 Å². The molecule has 0 fully saturated rings. The summed E-state index contributed by atoms with van der Waals surface area (Å²) in [5.74, 6) is -0.222. The van der Waals surface area contributed by atoms with E-state index in [4.69, 9.17) is 16.3 Å². The Bertz CT molecular complexity index is 965.